The van der Waals surface area contributed by atoms with Crippen molar-refractivity contribution in [2.45, 2.75) is 13.1 Å². The summed E-state index contributed by atoms with van der Waals surface area (Å²) in [7, 11) is 0. The predicted molar refractivity (Wildman–Crippen MR) is 57.8 cm³/mol. The maximum absolute atomic E-state index is 5.47. The SMILES string of the molecule is NCc1cn(Cc2nnc3cnccn23)nn1. The Balaban J connectivity index is 1.94. The Morgan fingerprint density at radius 2 is 2.18 bits per heavy atom. The van der Waals surface area contributed by atoms with Crippen LogP contribution in [-0.4, -0.2) is 34.6 Å². The summed E-state index contributed by atoms with van der Waals surface area (Å²) in [5, 5.41) is 16.0. The molecule has 3 aromatic rings. The third-order valence-corrected chi connectivity index (χ3v) is 2.38. The Morgan fingerprint density at radius 1 is 1.24 bits per heavy atom. The van der Waals surface area contributed by atoms with Gasteiger partial charge in [-0.2, -0.15) is 0 Å². The molecule has 0 aromatic carbocycles. The first-order valence-electron chi connectivity index (χ1n) is 5.09. The second-order valence-corrected chi connectivity index (χ2v) is 3.53. The summed E-state index contributed by atoms with van der Waals surface area (Å²) in [4.78, 5) is 3.98. The summed E-state index contributed by atoms with van der Waals surface area (Å²) in [6, 6.07) is 0. The Hall–Kier alpha value is -2.35. The van der Waals surface area contributed by atoms with Crippen LogP contribution in [0.25, 0.3) is 5.65 Å². The van der Waals surface area contributed by atoms with Gasteiger partial charge in [-0.05, 0) is 0 Å². The van der Waals surface area contributed by atoms with Crippen molar-refractivity contribution in [3.63, 3.8) is 0 Å². The molecule has 17 heavy (non-hydrogen) atoms. The van der Waals surface area contributed by atoms with Gasteiger partial charge in [0.2, 0.25) is 0 Å². The maximum Gasteiger partial charge on any atom is 0.179 e. The largest absolute Gasteiger partial charge is 0.325 e. The normalized spacial score (nSPS) is 11.1. The van der Waals surface area contributed by atoms with E-state index in [9.17, 15) is 0 Å². The average Bonchev–Trinajstić information content (AvgIpc) is 2.97. The number of aromatic nitrogens is 7. The topological polar surface area (TPSA) is 99.8 Å². The van der Waals surface area contributed by atoms with Crippen LogP contribution >= 0.6 is 0 Å². The number of rotatable bonds is 3. The van der Waals surface area contributed by atoms with Gasteiger partial charge in [0.05, 0.1) is 18.1 Å². The van der Waals surface area contributed by atoms with Crippen molar-refractivity contribution < 1.29 is 0 Å². The highest BCUT2D eigenvalue weighted by Crippen LogP contribution is 2.03. The number of nitrogens with zero attached hydrogens (tertiary/aromatic N) is 7. The van der Waals surface area contributed by atoms with Gasteiger partial charge in [0, 0.05) is 18.9 Å². The van der Waals surface area contributed by atoms with Crippen molar-refractivity contribution >= 4 is 5.65 Å². The molecule has 3 rings (SSSR count). The number of nitrogens with two attached hydrogens (primary N) is 1. The van der Waals surface area contributed by atoms with Crippen LogP contribution in [0.4, 0.5) is 0 Å². The third kappa shape index (κ3) is 1.74. The molecule has 8 heteroatoms. The van der Waals surface area contributed by atoms with Crippen molar-refractivity contribution in [2.24, 2.45) is 5.73 Å². The molecule has 0 spiro atoms. The van der Waals surface area contributed by atoms with Crippen LogP contribution in [0, 0.1) is 0 Å². The lowest BCUT2D eigenvalue weighted by Crippen LogP contribution is -2.05. The van der Waals surface area contributed by atoms with Gasteiger partial charge in [0.1, 0.15) is 6.54 Å². The molecule has 0 aliphatic heterocycles. The first-order valence-corrected chi connectivity index (χ1v) is 5.09. The molecule has 0 aliphatic rings. The van der Waals surface area contributed by atoms with Crippen molar-refractivity contribution in [2.75, 3.05) is 0 Å². The molecule has 0 unspecified atom stereocenters. The number of fused-ring (bicyclic) bond motifs is 1. The number of hydrogen-bond acceptors (Lipinski definition) is 6. The molecule has 0 saturated heterocycles. The average molecular weight is 230 g/mol. The maximum atomic E-state index is 5.47. The zero-order valence-electron chi connectivity index (χ0n) is 8.93. The molecule has 0 atom stereocenters. The van der Waals surface area contributed by atoms with Crippen molar-refractivity contribution in [1.82, 2.24) is 34.6 Å². The summed E-state index contributed by atoms with van der Waals surface area (Å²) in [6.45, 7) is 0.878. The van der Waals surface area contributed by atoms with Crippen LogP contribution in [0.15, 0.2) is 24.8 Å². The molecule has 3 heterocycles. The van der Waals surface area contributed by atoms with E-state index in [1.807, 2.05) is 10.6 Å². The molecular weight excluding hydrogens is 220 g/mol. The summed E-state index contributed by atoms with van der Waals surface area (Å²) in [5.74, 6) is 0.774. The highest BCUT2D eigenvalue weighted by atomic mass is 15.4. The fourth-order valence-corrected chi connectivity index (χ4v) is 1.56. The zero-order chi connectivity index (χ0) is 11.7. The Morgan fingerprint density at radius 3 is 3.00 bits per heavy atom. The lowest BCUT2D eigenvalue weighted by Gasteiger charge is -1.98. The second-order valence-electron chi connectivity index (χ2n) is 3.53. The zero-order valence-corrected chi connectivity index (χ0v) is 8.93. The monoisotopic (exact) mass is 230 g/mol. The highest BCUT2D eigenvalue weighted by molar-refractivity contribution is 5.33. The smallest absolute Gasteiger partial charge is 0.179 e. The van der Waals surface area contributed by atoms with E-state index in [4.69, 9.17) is 5.73 Å². The van der Waals surface area contributed by atoms with Gasteiger partial charge in [-0.1, -0.05) is 5.21 Å². The van der Waals surface area contributed by atoms with E-state index >= 15 is 0 Å². The molecule has 0 amide bonds. The quantitative estimate of drug-likeness (QED) is 0.633. The third-order valence-electron chi connectivity index (χ3n) is 2.38. The summed E-state index contributed by atoms with van der Waals surface area (Å²) >= 11 is 0. The molecule has 0 fully saturated rings. The van der Waals surface area contributed by atoms with E-state index < -0.39 is 0 Å². The van der Waals surface area contributed by atoms with Gasteiger partial charge in [-0.15, -0.1) is 15.3 Å². The molecule has 3 aromatic heterocycles. The summed E-state index contributed by atoms with van der Waals surface area (Å²) < 4.78 is 3.54. The minimum atomic E-state index is 0.379. The van der Waals surface area contributed by atoms with Crippen molar-refractivity contribution in [3.05, 3.63) is 36.3 Å². The van der Waals surface area contributed by atoms with Crippen LogP contribution < -0.4 is 5.73 Å². The molecule has 0 radical (unpaired) electrons. The molecule has 0 bridgehead atoms. The first-order chi connectivity index (χ1) is 8.36. The van der Waals surface area contributed by atoms with Crippen LogP contribution in [0.2, 0.25) is 0 Å². The lowest BCUT2D eigenvalue weighted by molar-refractivity contribution is 0.620. The summed E-state index contributed by atoms with van der Waals surface area (Å²) in [5.41, 5.74) is 6.93. The minimum Gasteiger partial charge on any atom is -0.325 e. The fraction of sp³-hybridized carbons (Fsp3) is 0.222. The summed E-state index contributed by atoms with van der Waals surface area (Å²) in [6.07, 6.45) is 6.95. The number of hydrogen-bond donors (Lipinski definition) is 1. The van der Waals surface area contributed by atoms with Crippen molar-refractivity contribution in [3.8, 4) is 0 Å². The van der Waals surface area contributed by atoms with Gasteiger partial charge in [0.25, 0.3) is 0 Å². The van der Waals surface area contributed by atoms with E-state index in [-0.39, 0.29) is 0 Å². The van der Waals surface area contributed by atoms with Gasteiger partial charge in [-0.25, -0.2) is 4.68 Å². The molecule has 8 nitrogen and oxygen atoms in total. The highest BCUT2D eigenvalue weighted by Gasteiger charge is 2.07. The van der Waals surface area contributed by atoms with Crippen LogP contribution in [0.5, 0.6) is 0 Å². The van der Waals surface area contributed by atoms with E-state index in [1.54, 1.807) is 23.3 Å². The molecule has 2 N–H and O–H groups in total. The Labute approximate surface area is 96.1 Å². The van der Waals surface area contributed by atoms with Crippen LogP contribution in [0.3, 0.4) is 0 Å². The standard InChI is InChI=1S/C9H10N8/c10-3-7-5-16(15-12-7)6-9-14-13-8-4-11-1-2-17(8)9/h1-2,4-5H,3,6,10H2. The minimum absolute atomic E-state index is 0.379. The molecule has 0 saturated carbocycles. The molecule has 0 aliphatic carbocycles. The van der Waals surface area contributed by atoms with Gasteiger partial charge in [-0.3, -0.25) is 9.38 Å². The second kappa shape index (κ2) is 3.91. The first kappa shape index (κ1) is 9.85. The van der Waals surface area contributed by atoms with Crippen molar-refractivity contribution in [1.29, 1.82) is 0 Å². The Bertz CT molecular complexity index is 639. The molecular formula is C9H10N8. The fourth-order valence-electron chi connectivity index (χ4n) is 1.56. The van der Waals surface area contributed by atoms with Crippen LogP contribution in [0.1, 0.15) is 11.5 Å². The predicted octanol–water partition coefficient (Wildman–Crippen LogP) is -0.777. The van der Waals surface area contributed by atoms with Gasteiger partial charge < -0.3 is 5.73 Å². The Kier molecular flexibility index (Phi) is 2.26. The van der Waals surface area contributed by atoms with E-state index in [1.165, 1.54) is 0 Å². The van der Waals surface area contributed by atoms with E-state index in [0.29, 0.717) is 18.7 Å². The van der Waals surface area contributed by atoms with E-state index in [2.05, 4.69) is 25.5 Å². The lowest BCUT2D eigenvalue weighted by atomic mass is 10.5. The van der Waals surface area contributed by atoms with E-state index in [0.717, 1.165) is 11.5 Å². The van der Waals surface area contributed by atoms with Gasteiger partial charge >= 0.3 is 0 Å². The van der Waals surface area contributed by atoms with Gasteiger partial charge in [0.15, 0.2) is 11.5 Å². The van der Waals surface area contributed by atoms with Crippen LogP contribution in [-0.2, 0) is 13.1 Å². The molecule has 86 valence electrons.